The Morgan fingerprint density at radius 3 is 2.35 bits per heavy atom. The van der Waals surface area contributed by atoms with Gasteiger partial charge < -0.3 is 11.1 Å². The first kappa shape index (κ1) is 28.5. The van der Waals surface area contributed by atoms with Crippen LogP contribution < -0.4 is 11.1 Å². The number of nitrogens with one attached hydrogen (secondary N) is 1. The average molecular weight is 464 g/mol. The van der Waals surface area contributed by atoms with Gasteiger partial charge in [0.1, 0.15) is 18.0 Å². The van der Waals surface area contributed by atoms with Crippen LogP contribution in [-0.4, -0.2) is 18.4 Å². The molecule has 0 bridgehead atoms. The van der Waals surface area contributed by atoms with E-state index in [2.05, 4.69) is 27.2 Å². The van der Waals surface area contributed by atoms with Crippen LogP contribution in [0.3, 0.4) is 0 Å². The van der Waals surface area contributed by atoms with Gasteiger partial charge in [0.05, 0.1) is 11.5 Å². The Balaban J connectivity index is 0.00000281. The van der Waals surface area contributed by atoms with Gasteiger partial charge >= 0.3 is 0 Å². The number of amidine groups is 1. The summed E-state index contributed by atoms with van der Waals surface area (Å²) in [6.07, 6.45) is 9.57. The molecular weight excluding hydrogens is 425 g/mol. The molecule has 0 saturated carbocycles. The fourth-order valence-corrected chi connectivity index (χ4v) is 2.88. The van der Waals surface area contributed by atoms with E-state index in [0.717, 1.165) is 53.2 Å². The van der Waals surface area contributed by atoms with E-state index in [1.165, 1.54) is 6.34 Å². The number of allylic oxidation sites excluding steroid dienone is 3. The minimum atomic E-state index is -0.153. The first-order chi connectivity index (χ1) is 16.4. The van der Waals surface area contributed by atoms with Gasteiger partial charge in [0.15, 0.2) is 0 Å². The minimum Gasteiger partial charge on any atom is -0.387 e. The fraction of sp³-hybridized carbons (Fsp3) is 0.321. The van der Waals surface area contributed by atoms with Crippen molar-refractivity contribution in [1.29, 1.82) is 0 Å². The van der Waals surface area contributed by atoms with Crippen molar-refractivity contribution in [2.45, 2.75) is 60.8 Å². The summed E-state index contributed by atoms with van der Waals surface area (Å²) in [4.78, 5) is 12.7. The molecule has 2 aromatic carbocycles. The highest BCUT2D eigenvalue weighted by atomic mass is 19.1. The third-order valence-electron chi connectivity index (χ3n) is 4.57. The van der Waals surface area contributed by atoms with Crippen LogP contribution in [0.5, 0.6) is 0 Å². The lowest BCUT2D eigenvalue weighted by molar-refractivity contribution is 0.607. The first-order valence-electron chi connectivity index (χ1n) is 11.8. The molecule has 0 unspecified atom stereocenters. The summed E-state index contributed by atoms with van der Waals surface area (Å²) >= 11 is 0. The smallest absolute Gasteiger partial charge is 0.127 e. The van der Waals surface area contributed by atoms with Crippen LogP contribution in [0, 0.1) is 5.82 Å². The second-order valence-corrected chi connectivity index (χ2v) is 7.37. The summed E-state index contributed by atoms with van der Waals surface area (Å²) in [5.41, 5.74) is 9.72. The second-order valence-electron chi connectivity index (χ2n) is 7.37. The molecule has 0 aliphatic heterocycles. The van der Waals surface area contributed by atoms with E-state index < -0.39 is 0 Å². The van der Waals surface area contributed by atoms with Crippen molar-refractivity contribution >= 4 is 35.3 Å². The Morgan fingerprint density at radius 1 is 1.06 bits per heavy atom. The van der Waals surface area contributed by atoms with Gasteiger partial charge in [-0.2, -0.15) is 0 Å². The number of halogens is 1. The molecule has 0 atom stereocenters. The summed E-state index contributed by atoms with van der Waals surface area (Å²) in [6, 6.07) is 13.0. The Hall–Kier alpha value is -3.54. The molecule has 0 saturated heterocycles. The van der Waals surface area contributed by atoms with Crippen LogP contribution in [0.15, 0.2) is 75.4 Å². The monoisotopic (exact) mass is 463 g/mol. The first-order valence-corrected chi connectivity index (χ1v) is 11.8. The molecule has 182 valence electrons. The van der Waals surface area contributed by atoms with Crippen LogP contribution in [0.1, 0.15) is 65.5 Å². The quantitative estimate of drug-likeness (QED) is 0.280. The third kappa shape index (κ3) is 10.4. The minimum absolute atomic E-state index is 0.153. The number of hydrogen-bond donors (Lipinski definition) is 2. The van der Waals surface area contributed by atoms with Crippen LogP contribution in [0.4, 0.5) is 15.8 Å². The van der Waals surface area contributed by atoms with Gasteiger partial charge in [-0.15, -0.1) is 0 Å². The van der Waals surface area contributed by atoms with Crippen molar-refractivity contribution in [3.05, 3.63) is 77.4 Å². The summed E-state index contributed by atoms with van der Waals surface area (Å²) in [5, 5.41) is 3.30. The molecule has 2 rings (SSSR count). The van der Waals surface area contributed by atoms with E-state index in [9.17, 15) is 4.39 Å². The van der Waals surface area contributed by atoms with Crippen LogP contribution >= 0.6 is 0 Å². The highest BCUT2D eigenvalue weighted by Gasteiger charge is 2.04. The van der Waals surface area contributed by atoms with Gasteiger partial charge in [-0.05, 0) is 85.9 Å². The van der Waals surface area contributed by atoms with E-state index in [1.807, 2.05) is 76.2 Å². The highest BCUT2D eigenvalue weighted by molar-refractivity contribution is 5.86. The summed E-state index contributed by atoms with van der Waals surface area (Å²) < 4.78 is 14.2. The maximum Gasteiger partial charge on any atom is 0.127 e. The van der Waals surface area contributed by atoms with E-state index in [4.69, 9.17) is 5.73 Å². The molecule has 0 aliphatic carbocycles. The molecule has 34 heavy (non-hydrogen) atoms. The summed E-state index contributed by atoms with van der Waals surface area (Å²) in [7, 11) is 0. The van der Waals surface area contributed by atoms with Gasteiger partial charge in [-0.1, -0.05) is 46.2 Å². The molecular formula is C28H38FN5. The molecule has 0 fully saturated rings. The van der Waals surface area contributed by atoms with Gasteiger partial charge in [-0.3, -0.25) is 0 Å². The number of nitrogens with zero attached hydrogens (tertiary/aromatic N) is 3. The van der Waals surface area contributed by atoms with Gasteiger partial charge in [0.2, 0.25) is 0 Å². The average Bonchev–Trinajstić information content (AvgIpc) is 2.82. The van der Waals surface area contributed by atoms with Crippen molar-refractivity contribution in [1.82, 2.24) is 0 Å². The second kappa shape index (κ2) is 16.1. The van der Waals surface area contributed by atoms with Gasteiger partial charge in [0, 0.05) is 11.9 Å². The Morgan fingerprint density at radius 2 is 1.76 bits per heavy atom. The number of benzene rings is 2. The number of nitrogens with two attached hydrogens (primary N) is 1. The zero-order valence-corrected chi connectivity index (χ0v) is 21.3. The highest BCUT2D eigenvalue weighted by Crippen LogP contribution is 2.20. The number of anilines is 1. The van der Waals surface area contributed by atoms with Crippen molar-refractivity contribution < 1.29 is 4.39 Å². The number of aryl methyl sites for hydroxylation is 1. The fourth-order valence-electron chi connectivity index (χ4n) is 2.88. The zero-order valence-electron chi connectivity index (χ0n) is 21.3. The molecule has 0 heterocycles. The standard InChI is InChI=1S/C26H32FN5.C2H6/c1-5-7-21-9-10-22(17-25(21)27)19(3)15-16-29-26(8-6-2)32-24-13-11-23(12-14-24)31-18-30-20(4)28;1-2/h8-18,32H,5-7H2,1-4H3,(H2,28,30,31);1-2H3/b19-15+,26-8-,29-16-;. The van der Waals surface area contributed by atoms with Crippen molar-refractivity contribution in [3.8, 4) is 0 Å². The van der Waals surface area contributed by atoms with Crippen molar-refractivity contribution in [2.24, 2.45) is 20.7 Å². The predicted molar refractivity (Wildman–Crippen MR) is 148 cm³/mol. The van der Waals surface area contributed by atoms with Crippen LogP contribution in [0.25, 0.3) is 5.57 Å². The lowest BCUT2D eigenvalue weighted by Crippen LogP contribution is -2.04. The molecule has 6 heteroatoms. The predicted octanol–water partition coefficient (Wildman–Crippen LogP) is 7.68. The Kier molecular flexibility index (Phi) is 13.5. The maximum absolute atomic E-state index is 14.2. The Labute approximate surface area is 204 Å². The number of rotatable bonds is 10. The molecule has 5 nitrogen and oxygen atoms in total. The molecule has 2 aromatic rings. The topological polar surface area (TPSA) is 75.1 Å². The van der Waals surface area contributed by atoms with Gasteiger partial charge in [0.25, 0.3) is 0 Å². The molecule has 0 aromatic heterocycles. The number of hydrogen-bond acceptors (Lipinski definition) is 3. The van der Waals surface area contributed by atoms with E-state index in [0.29, 0.717) is 5.84 Å². The van der Waals surface area contributed by atoms with Crippen LogP contribution in [0.2, 0.25) is 0 Å². The Bertz CT molecular complexity index is 1030. The number of aliphatic imine (C=N–C) groups is 3. The van der Waals surface area contributed by atoms with E-state index in [-0.39, 0.29) is 5.82 Å². The van der Waals surface area contributed by atoms with E-state index >= 15 is 0 Å². The molecule has 3 N–H and O–H groups in total. The van der Waals surface area contributed by atoms with Crippen molar-refractivity contribution in [3.63, 3.8) is 0 Å². The van der Waals surface area contributed by atoms with Crippen LogP contribution in [-0.2, 0) is 6.42 Å². The lowest BCUT2D eigenvalue weighted by Gasteiger charge is -2.07. The molecule has 0 spiro atoms. The van der Waals surface area contributed by atoms with Crippen molar-refractivity contribution in [2.75, 3.05) is 5.32 Å². The van der Waals surface area contributed by atoms with E-state index in [1.54, 1.807) is 19.2 Å². The third-order valence-corrected chi connectivity index (χ3v) is 4.57. The maximum atomic E-state index is 14.2. The largest absolute Gasteiger partial charge is 0.387 e. The molecule has 0 amide bonds. The summed E-state index contributed by atoms with van der Waals surface area (Å²) in [5.74, 6) is 1.04. The normalized spacial score (nSPS) is 12.7. The van der Waals surface area contributed by atoms with Gasteiger partial charge in [-0.25, -0.2) is 19.4 Å². The molecule has 0 aliphatic rings. The SMILES string of the molecule is CC.CC/C=C(/N=C\C=C(/C)c1ccc(CCC)c(F)c1)Nc1ccc(N=CN=C(C)N)cc1. The zero-order chi connectivity index (χ0) is 25.3. The lowest BCUT2D eigenvalue weighted by atomic mass is 10.0. The summed E-state index contributed by atoms with van der Waals surface area (Å²) in [6.45, 7) is 11.8. The molecule has 0 radical (unpaired) electrons.